The number of hydrogen-bond donors (Lipinski definition) is 1. The Labute approximate surface area is 279 Å². The number of carbonyl (C=O) groups excluding carboxylic acids is 1. The van der Waals surface area contributed by atoms with Crippen molar-refractivity contribution in [1.82, 2.24) is 19.7 Å². The maximum atomic E-state index is 13.6. The summed E-state index contributed by atoms with van der Waals surface area (Å²) in [4.78, 5) is 24.5. The Morgan fingerprint density at radius 1 is 1.23 bits per heavy atom. The predicted octanol–water partition coefficient (Wildman–Crippen LogP) is 7.80. The van der Waals surface area contributed by atoms with Gasteiger partial charge in [0.25, 0.3) is 0 Å². The van der Waals surface area contributed by atoms with Gasteiger partial charge in [0.2, 0.25) is 11.8 Å². The molecule has 2 aliphatic heterocycles. The van der Waals surface area contributed by atoms with E-state index in [1.807, 2.05) is 37.6 Å². The van der Waals surface area contributed by atoms with Crippen LogP contribution >= 0.6 is 0 Å². The highest BCUT2D eigenvalue weighted by atomic mass is 28.4. The molecule has 0 aliphatic carbocycles. The van der Waals surface area contributed by atoms with E-state index in [1.54, 1.807) is 23.4 Å². The summed E-state index contributed by atoms with van der Waals surface area (Å²) >= 11 is 0. The highest BCUT2D eigenvalue weighted by Crippen LogP contribution is 2.47. The van der Waals surface area contributed by atoms with Gasteiger partial charge < -0.3 is 19.2 Å². The van der Waals surface area contributed by atoms with Gasteiger partial charge in [0.05, 0.1) is 23.1 Å². The maximum Gasteiger partial charge on any atom is 0.414 e. The minimum atomic E-state index is -2.13. The highest BCUT2D eigenvalue weighted by Gasteiger charge is 2.47. The molecule has 4 heterocycles. The second-order valence-corrected chi connectivity index (χ2v) is 20.7. The fourth-order valence-electron chi connectivity index (χ4n) is 5.65. The summed E-state index contributed by atoms with van der Waals surface area (Å²) in [6, 6.07) is 7.97. The van der Waals surface area contributed by atoms with Crippen LogP contribution in [0.25, 0.3) is 11.3 Å². The summed E-state index contributed by atoms with van der Waals surface area (Å²) in [6.07, 6.45) is 3.94. The summed E-state index contributed by atoms with van der Waals surface area (Å²) < 4.78 is 20.7. The zero-order chi connectivity index (χ0) is 34.5. The molecule has 0 radical (unpaired) electrons. The highest BCUT2D eigenvalue weighted by molar-refractivity contribution is 6.74. The summed E-state index contributed by atoms with van der Waals surface area (Å²) in [7, 11) is -2.13. The van der Waals surface area contributed by atoms with E-state index in [0.29, 0.717) is 53.5 Å². The number of aryl methyl sites for hydroxylation is 1. The van der Waals surface area contributed by atoms with Gasteiger partial charge in [-0.1, -0.05) is 41.5 Å². The molecule has 3 aromatic rings. The third-order valence-electron chi connectivity index (χ3n) is 9.45. The molecule has 12 heteroatoms. The number of nitrogens with zero attached hydrogens (tertiary/aromatic N) is 6. The van der Waals surface area contributed by atoms with Gasteiger partial charge in [-0.15, -0.1) is 0 Å². The van der Waals surface area contributed by atoms with Crippen molar-refractivity contribution in [3.05, 3.63) is 41.7 Å². The van der Waals surface area contributed by atoms with Crippen LogP contribution in [0.15, 0.2) is 30.6 Å². The molecule has 2 aliphatic rings. The topological polar surface area (TPSA) is 127 Å². The molecule has 1 unspecified atom stereocenters. The number of fused-ring (bicyclic) bond motifs is 2. The van der Waals surface area contributed by atoms with Crippen molar-refractivity contribution < 1.29 is 18.7 Å². The molecule has 11 nitrogen and oxygen atoms in total. The molecule has 0 spiro atoms. The standard InChI is InChI=1S/C35H49N7O4Si/c1-22(2)28-13-15-42-30(45-28)27(19-38-42)40-31-37-14-12-26(39-31)23-16-24(18-36)29-25(17-23)35(9,21-44-47(10,11)34(6,7)8)20-41(29)32(43)46-33(3,4)5/h12,14,16-17,19,22,28H,13,15,20-21H2,1-11H3,(H,37,39,40)/t28?,35-/m1/s1. The maximum absolute atomic E-state index is 13.6. The van der Waals surface area contributed by atoms with Crippen LogP contribution in [0.5, 0.6) is 5.88 Å². The number of nitrogens with one attached hydrogen (secondary N) is 1. The lowest BCUT2D eigenvalue weighted by molar-refractivity contribution is 0.0575. The Hall–Kier alpha value is -3.95. The Bertz CT molecular complexity index is 1700. The zero-order valence-electron chi connectivity index (χ0n) is 29.7. The van der Waals surface area contributed by atoms with Gasteiger partial charge in [-0.05, 0) is 68.6 Å². The first kappa shape index (κ1) is 34.4. The zero-order valence-corrected chi connectivity index (χ0v) is 30.7. The van der Waals surface area contributed by atoms with Crippen LogP contribution in [0.4, 0.5) is 22.1 Å². The van der Waals surface area contributed by atoms with Crippen molar-refractivity contribution in [3.8, 4) is 23.2 Å². The van der Waals surface area contributed by atoms with Crippen LogP contribution in [0.2, 0.25) is 18.1 Å². The van der Waals surface area contributed by atoms with Crippen molar-refractivity contribution in [3.63, 3.8) is 0 Å². The molecule has 252 valence electrons. The molecule has 2 aromatic heterocycles. The summed E-state index contributed by atoms with van der Waals surface area (Å²) in [5.74, 6) is 1.43. The normalized spacial score (nSPS) is 19.6. The number of anilines is 3. The van der Waals surface area contributed by atoms with E-state index in [0.717, 1.165) is 24.1 Å². The van der Waals surface area contributed by atoms with Crippen molar-refractivity contribution in [2.24, 2.45) is 5.92 Å². The Morgan fingerprint density at radius 3 is 2.60 bits per heavy atom. The van der Waals surface area contributed by atoms with Crippen molar-refractivity contribution in [2.75, 3.05) is 23.4 Å². The third kappa shape index (κ3) is 7.01. The first-order valence-electron chi connectivity index (χ1n) is 16.4. The Balaban J connectivity index is 1.53. The van der Waals surface area contributed by atoms with E-state index in [1.165, 1.54) is 0 Å². The van der Waals surface area contributed by atoms with Crippen LogP contribution < -0.4 is 15.0 Å². The smallest absolute Gasteiger partial charge is 0.414 e. The lowest BCUT2D eigenvalue weighted by Gasteiger charge is -2.39. The van der Waals surface area contributed by atoms with Gasteiger partial charge in [-0.3, -0.25) is 4.90 Å². The van der Waals surface area contributed by atoms with Crippen molar-refractivity contribution in [1.29, 1.82) is 5.26 Å². The molecule has 1 amide bonds. The van der Waals surface area contributed by atoms with Gasteiger partial charge in [-0.2, -0.15) is 10.4 Å². The number of hydrogen-bond acceptors (Lipinski definition) is 9. The first-order valence-corrected chi connectivity index (χ1v) is 19.3. The molecule has 0 bridgehead atoms. The first-order chi connectivity index (χ1) is 21.8. The van der Waals surface area contributed by atoms with E-state index >= 15 is 0 Å². The van der Waals surface area contributed by atoms with Crippen molar-refractivity contribution in [2.45, 2.75) is 111 Å². The van der Waals surface area contributed by atoms with Crippen LogP contribution in [-0.2, 0) is 21.1 Å². The summed E-state index contributed by atoms with van der Waals surface area (Å²) in [6.45, 7) is 24.5. The Morgan fingerprint density at radius 2 is 1.96 bits per heavy atom. The fourth-order valence-corrected chi connectivity index (χ4v) is 6.76. The van der Waals surface area contributed by atoms with Gasteiger partial charge >= 0.3 is 6.09 Å². The van der Waals surface area contributed by atoms with E-state index < -0.39 is 25.4 Å². The molecule has 0 saturated carbocycles. The lowest BCUT2D eigenvalue weighted by atomic mass is 9.83. The van der Waals surface area contributed by atoms with E-state index in [4.69, 9.17) is 18.9 Å². The Kier molecular flexibility index (Phi) is 8.96. The second kappa shape index (κ2) is 12.2. The monoisotopic (exact) mass is 659 g/mol. The minimum absolute atomic E-state index is 0.00931. The van der Waals surface area contributed by atoms with Gasteiger partial charge in [-0.25, -0.2) is 19.4 Å². The molecule has 5 rings (SSSR count). The summed E-state index contributed by atoms with van der Waals surface area (Å²) in [5.41, 5.74) is 2.55. The van der Waals surface area contributed by atoms with Gasteiger partial charge in [0.1, 0.15) is 23.5 Å². The van der Waals surface area contributed by atoms with Gasteiger partial charge in [0.15, 0.2) is 8.32 Å². The third-order valence-corrected chi connectivity index (χ3v) is 13.9. The molecule has 0 saturated heterocycles. The van der Waals surface area contributed by atoms with E-state index in [2.05, 4.69) is 76.1 Å². The van der Waals surface area contributed by atoms with Crippen LogP contribution in [0.3, 0.4) is 0 Å². The largest absolute Gasteiger partial charge is 0.473 e. The fraction of sp³-hybridized carbons (Fsp3) is 0.571. The van der Waals surface area contributed by atoms with Crippen molar-refractivity contribution >= 4 is 31.7 Å². The number of benzene rings is 1. The molecule has 1 N–H and O–H groups in total. The number of amides is 1. The molecule has 2 atom stereocenters. The SMILES string of the molecule is CC(C)C1CCn2ncc(Nc3nccc(-c4cc(C#N)c5c(c4)[C@@](C)(CO[Si](C)(C)C(C)(C)C)CN5C(=O)OC(C)(C)C)n3)c2O1. The quantitative estimate of drug-likeness (QED) is 0.253. The number of aromatic nitrogens is 4. The molecule has 1 aromatic carbocycles. The van der Waals surface area contributed by atoms with E-state index in [-0.39, 0.29) is 11.1 Å². The number of rotatable bonds is 7. The van der Waals surface area contributed by atoms with Gasteiger partial charge in [0, 0.05) is 43.3 Å². The molecular weight excluding hydrogens is 611 g/mol. The summed E-state index contributed by atoms with van der Waals surface area (Å²) in [5, 5.41) is 18.2. The average Bonchev–Trinajstić information content (AvgIpc) is 3.52. The van der Waals surface area contributed by atoms with Crippen LogP contribution in [0.1, 0.15) is 79.9 Å². The predicted molar refractivity (Wildman–Crippen MR) is 186 cm³/mol. The second-order valence-electron chi connectivity index (χ2n) is 15.9. The number of ether oxygens (including phenoxy) is 2. The van der Waals surface area contributed by atoms with E-state index in [9.17, 15) is 10.1 Å². The number of nitriles is 1. The lowest BCUT2D eigenvalue weighted by Crippen LogP contribution is -2.46. The molecule has 47 heavy (non-hydrogen) atoms. The van der Waals surface area contributed by atoms with Crippen LogP contribution in [0, 0.1) is 17.2 Å². The molecular formula is C35H49N7O4Si. The average molecular weight is 660 g/mol. The number of carbonyl (C=O) groups is 1. The minimum Gasteiger partial charge on any atom is -0.473 e. The molecule has 0 fully saturated rings. The van der Waals surface area contributed by atoms with Crippen LogP contribution in [-0.4, -0.2) is 59.0 Å².